The van der Waals surface area contributed by atoms with Gasteiger partial charge in [0.05, 0.1) is 0 Å². The Bertz CT molecular complexity index is 805. The van der Waals surface area contributed by atoms with E-state index >= 15 is 0 Å². The van der Waals surface area contributed by atoms with Crippen LogP contribution in [0.5, 0.6) is 0 Å². The fourth-order valence-electron chi connectivity index (χ4n) is 2.31. The summed E-state index contributed by atoms with van der Waals surface area (Å²) >= 11 is 0. The number of alkyl halides is 3. The van der Waals surface area contributed by atoms with Crippen molar-refractivity contribution in [3.05, 3.63) is 65.2 Å². The average molecular weight is 378 g/mol. The second-order valence-corrected chi connectivity index (χ2v) is 7.16. The molecule has 0 radical (unpaired) electrons. The molecule has 0 spiro atoms. The van der Waals surface area contributed by atoms with Crippen molar-refractivity contribution in [2.24, 2.45) is 0 Å². The second kappa shape index (κ2) is 7.82. The third-order valence-corrected chi connectivity index (χ3v) is 3.94. The van der Waals surface area contributed by atoms with Gasteiger partial charge in [0.15, 0.2) is 0 Å². The van der Waals surface area contributed by atoms with E-state index in [1.807, 2.05) is 12.1 Å². The number of nitrogens with one attached hydrogen (secondary N) is 2. The van der Waals surface area contributed by atoms with Crippen molar-refractivity contribution in [1.82, 2.24) is 5.32 Å². The fourth-order valence-corrected chi connectivity index (χ4v) is 2.31. The fraction of sp³-hybridized carbons (Fsp3) is 0.300. The van der Waals surface area contributed by atoms with E-state index in [4.69, 9.17) is 0 Å². The first-order valence-corrected chi connectivity index (χ1v) is 8.33. The summed E-state index contributed by atoms with van der Waals surface area (Å²) < 4.78 is 36.5. The lowest BCUT2D eigenvalue weighted by Crippen LogP contribution is -2.36. The lowest BCUT2D eigenvalue weighted by molar-refractivity contribution is -0.173. The molecule has 0 bridgehead atoms. The van der Waals surface area contributed by atoms with Crippen molar-refractivity contribution in [2.45, 2.75) is 38.9 Å². The van der Waals surface area contributed by atoms with Crippen LogP contribution < -0.4 is 10.6 Å². The molecule has 0 heterocycles. The van der Waals surface area contributed by atoms with E-state index in [0.29, 0.717) is 16.8 Å². The molecular weight excluding hydrogens is 357 g/mol. The van der Waals surface area contributed by atoms with Crippen molar-refractivity contribution in [3.8, 4) is 0 Å². The topological polar surface area (TPSA) is 58.2 Å². The molecule has 0 fully saturated rings. The Morgan fingerprint density at radius 3 is 1.93 bits per heavy atom. The van der Waals surface area contributed by atoms with Crippen LogP contribution in [0, 0.1) is 0 Å². The van der Waals surface area contributed by atoms with Gasteiger partial charge in [-0.1, -0.05) is 45.0 Å². The minimum Gasteiger partial charge on any atom is -0.344 e. The zero-order valence-electron chi connectivity index (χ0n) is 15.3. The van der Waals surface area contributed by atoms with Crippen LogP contribution in [-0.4, -0.2) is 18.0 Å². The number of hydrogen-bond acceptors (Lipinski definition) is 2. The molecule has 0 saturated heterocycles. The minimum absolute atomic E-state index is 0.00757. The molecule has 2 aromatic rings. The third-order valence-electron chi connectivity index (χ3n) is 3.94. The van der Waals surface area contributed by atoms with Gasteiger partial charge in [0.25, 0.3) is 5.91 Å². The van der Waals surface area contributed by atoms with E-state index < -0.39 is 12.1 Å². The third kappa shape index (κ3) is 5.84. The van der Waals surface area contributed by atoms with Gasteiger partial charge in [-0.3, -0.25) is 9.59 Å². The molecule has 2 amide bonds. The number of carbonyl (C=O) groups excluding carboxylic acids is 2. The molecule has 4 nitrogen and oxygen atoms in total. The predicted octanol–water partition coefficient (Wildman–Crippen LogP) is 4.41. The van der Waals surface area contributed by atoms with Gasteiger partial charge >= 0.3 is 12.1 Å². The highest BCUT2D eigenvalue weighted by molar-refractivity contribution is 6.04. The summed E-state index contributed by atoms with van der Waals surface area (Å²) in [6.45, 7) is 6.00. The maximum Gasteiger partial charge on any atom is 0.471 e. The quantitative estimate of drug-likeness (QED) is 0.828. The Kier molecular flexibility index (Phi) is 5.93. The molecule has 2 N–H and O–H groups in total. The molecule has 0 aliphatic rings. The number of amides is 2. The van der Waals surface area contributed by atoms with Gasteiger partial charge in [-0.2, -0.15) is 13.2 Å². The maximum atomic E-state index is 12.3. The van der Waals surface area contributed by atoms with Gasteiger partial charge in [-0.25, -0.2) is 0 Å². The van der Waals surface area contributed by atoms with Crippen LogP contribution in [0.4, 0.5) is 18.9 Å². The molecule has 2 rings (SSSR count). The highest BCUT2D eigenvalue weighted by Crippen LogP contribution is 2.22. The molecule has 2 aromatic carbocycles. The number of hydrogen-bond donors (Lipinski definition) is 2. The van der Waals surface area contributed by atoms with Crippen molar-refractivity contribution < 1.29 is 22.8 Å². The van der Waals surface area contributed by atoms with Crippen molar-refractivity contribution in [2.75, 3.05) is 5.32 Å². The summed E-state index contributed by atoms with van der Waals surface area (Å²) in [5.74, 6) is -2.27. The zero-order valence-corrected chi connectivity index (χ0v) is 15.3. The van der Waals surface area contributed by atoms with E-state index in [-0.39, 0.29) is 17.9 Å². The summed E-state index contributed by atoms with van der Waals surface area (Å²) in [6, 6.07) is 13.5. The predicted molar refractivity (Wildman–Crippen MR) is 97.4 cm³/mol. The van der Waals surface area contributed by atoms with Crippen LogP contribution in [0.15, 0.2) is 48.5 Å². The highest BCUT2D eigenvalue weighted by Gasteiger charge is 2.38. The van der Waals surface area contributed by atoms with Crippen LogP contribution in [0.3, 0.4) is 0 Å². The van der Waals surface area contributed by atoms with Crippen LogP contribution in [0.25, 0.3) is 0 Å². The first-order valence-electron chi connectivity index (χ1n) is 8.33. The number of anilines is 1. The Morgan fingerprint density at radius 2 is 1.44 bits per heavy atom. The zero-order chi connectivity index (χ0) is 20.2. The Hall–Kier alpha value is -2.83. The van der Waals surface area contributed by atoms with E-state index in [2.05, 4.69) is 26.1 Å². The lowest BCUT2D eigenvalue weighted by Gasteiger charge is -2.19. The summed E-state index contributed by atoms with van der Waals surface area (Å²) in [6.07, 6.45) is -4.91. The number of carbonyl (C=O) groups is 2. The number of halogens is 3. The monoisotopic (exact) mass is 378 g/mol. The molecule has 0 aliphatic heterocycles. The molecule has 7 heteroatoms. The van der Waals surface area contributed by atoms with Gasteiger partial charge < -0.3 is 10.6 Å². The Labute approximate surface area is 155 Å². The standard InChI is InChI=1S/C20H21F3N2O2/c1-19(2,3)15-8-6-14(7-9-15)17(26)25-16-10-4-13(5-11-16)12-24-18(27)20(21,22)23/h4-11H,12H2,1-3H3,(H,24,27)(H,25,26). The van der Waals surface area contributed by atoms with Gasteiger partial charge in [0, 0.05) is 17.8 Å². The summed E-state index contributed by atoms with van der Waals surface area (Å²) in [7, 11) is 0. The first-order chi connectivity index (χ1) is 12.5. The van der Waals surface area contributed by atoms with E-state index in [1.165, 1.54) is 12.1 Å². The summed E-state index contributed by atoms with van der Waals surface area (Å²) in [5.41, 5.74) is 2.60. The normalized spacial score (nSPS) is 11.8. The molecule has 144 valence electrons. The van der Waals surface area contributed by atoms with Gasteiger partial charge in [-0.05, 0) is 40.8 Å². The number of benzene rings is 2. The van der Waals surface area contributed by atoms with Crippen LogP contribution >= 0.6 is 0 Å². The van der Waals surface area contributed by atoms with Gasteiger partial charge in [-0.15, -0.1) is 0 Å². The summed E-state index contributed by atoms with van der Waals surface area (Å²) in [5, 5.41) is 4.52. The van der Waals surface area contributed by atoms with Crippen molar-refractivity contribution in [1.29, 1.82) is 0 Å². The number of rotatable bonds is 4. The first kappa shape index (κ1) is 20.5. The van der Waals surface area contributed by atoms with Gasteiger partial charge in [0.2, 0.25) is 0 Å². The Morgan fingerprint density at radius 1 is 0.889 bits per heavy atom. The van der Waals surface area contributed by atoms with Crippen molar-refractivity contribution >= 4 is 17.5 Å². The van der Waals surface area contributed by atoms with E-state index in [1.54, 1.807) is 29.6 Å². The molecule has 0 aromatic heterocycles. The molecule has 0 atom stereocenters. The molecule has 0 saturated carbocycles. The van der Waals surface area contributed by atoms with Crippen LogP contribution in [0.2, 0.25) is 0 Å². The maximum absolute atomic E-state index is 12.3. The lowest BCUT2D eigenvalue weighted by atomic mass is 9.87. The molecule has 27 heavy (non-hydrogen) atoms. The minimum atomic E-state index is -4.91. The Balaban J connectivity index is 1.96. The van der Waals surface area contributed by atoms with Crippen LogP contribution in [-0.2, 0) is 16.8 Å². The van der Waals surface area contributed by atoms with E-state index in [0.717, 1.165) is 5.56 Å². The van der Waals surface area contributed by atoms with E-state index in [9.17, 15) is 22.8 Å². The SMILES string of the molecule is CC(C)(C)c1ccc(C(=O)Nc2ccc(CNC(=O)C(F)(F)F)cc2)cc1. The van der Waals surface area contributed by atoms with Crippen LogP contribution in [0.1, 0.15) is 42.3 Å². The smallest absolute Gasteiger partial charge is 0.344 e. The van der Waals surface area contributed by atoms with Gasteiger partial charge in [0.1, 0.15) is 0 Å². The largest absolute Gasteiger partial charge is 0.471 e. The average Bonchev–Trinajstić information content (AvgIpc) is 2.59. The van der Waals surface area contributed by atoms with Crippen molar-refractivity contribution in [3.63, 3.8) is 0 Å². The molecule has 0 unspecified atom stereocenters. The molecular formula is C20H21F3N2O2. The highest BCUT2D eigenvalue weighted by atomic mass is 19.4. The second-order valence-electron chi connectivity index (χ2n) is 7.16. The molecule has 0 aliphatic carbocycles. The summed E-state index contributed by atoms with van der Waals surface area (Å²) in [4.78, 5) is 23.1.